The van der Waals surface area contributed by atoms with E-state index in [2.05, 4.69) is 52.1 Å². The molecule has 0 saturated heterocycles. The second-order valence-corrected chi connectivity index (χ2v) is 8.48. The molecule has 0 fully saturated rings. The van der Waals surface area contributed by atoms with Crippen LogP contribution in [0.3, 0.4) is 0 Å². The number of benzene rings is 2. The third kappa shape index (κ3) is 5.35. The van der Waals surface area contributed by atoms with E-state index in [1.807, 2.05) is 0 Å². The van der Waals surface area contributed by atoms with Crippen molar-refractivity contribution in [3.63, 3.8) is 0 Å². The van der Waals surface area contributed by atoms with Gasteiger partial charge in [0.2, 0.25) is 5.69 Å². The largest absolute Gasteiger partial charge is 0.691 e. The molecule has 1 unspecified atom stereocenters. The van der Waals surface area contributed by atoms with Crippen LogP contribution in [0.25, 0.3) is 0 Å². The van der Waals surface area contributed by atoms with Crippen molar-refractivity contribution in [2.75, 3.05) is 18.9 Å². The zero-order chi connectivity index (χ0) is 21.4. The first-order valence-corrected chi connectivity index (χ1v) is 11.2. The zero-order valence-electron chi connectivity index (χ0n) is 17.5. The minimum atomic E-state index is -0.00499. The predicted molar refractivity (Wildman–Crippen MR) is 116 cm³/mol. The van der Waals surface area contributed by atoms with Gasteiger partial charge in [0.05, 0.1) is 12.0 Å². The Hall–Kier alpha value is -2.06. The van der Waals surface area contributed by atoms with Crippen LogP contribution in [0.15, 0.2) is 48.5 Å². The van der Waals surface area contributed by atoms with Crippen LogP contribution in [0, 0.1) is 0 Å². The van der Waals surface area contributed by atoms with Crippen molar-refractivity contribution in [1.82, 2.24) is 0 Å². The standard InChI is InChI=1S/C23H29NO5S/c1-18-23(2,14-5-6-17-30-29-28-26)21-8-3-4-9-22(21)24(18)15-7-16-27-20-12-10-19(25)11-13-20/h3-4,8-13H,5-7,14-17H2,1-2H3,(H-,25,26). The molecule has 162 valence electrons. The number of phenolic OH excluding ortho intramolecular Hbond substituents is 1. The van der Waals surface area contributed by atoms with Crippen molar-refractivity contribution in [1.29, 1.82) is 0 Å². The summed E-state index contributed by atoms with van der Waals surface area (Å²) in [5.74, 6) is 1.74. The molecule has 3 rings (SSSR count). The van der Waals surface area contributed by atoms with E-state index in [0.717, 1.165) is 55.8 Å². The summed E-state index contributed by atoms with van der Waals surface area (Å²) in [6, 6.07) is 15.4. The highest BCUT2D eigenvalue weighted by Gasteiger charge is 2.45. The van der Waals surface area contributed by atoms with E-state index in [1.165, 1.54) is 17.0 Å². The van der Waals surface area contributed by atoms with Gasteiger partial charge in [-0.3, -0.25) is 5.04 Å². The number of ether oxygens (including phenoxy) is 1. The maximum atomic E-state index is 9.87. The van der Waals surface area contributed by atoms with Gasteiger partial charge in [-0.15, -0.1) is 0 Å². The smallest absolute Gasteiger partial charge is 0.209 e. The SMILES string of the molecule is CC1=[N+](CCCOc2ccc(O)cc2)c2ccccc2C1(C)CCCCSOO[O-]. The minimum Gasteiger partial charge on any atom is -0.691 e. The Balaban J connectivity index is 1.60. The van der Waals surface area contributed by atoms with Gasteiger partial charge in [-0.2, -0.15) is 8.91 Å². The van der Waals surface area contributed by atoms with Gasteiger partial charge in [-0.1, -0.05) is 24.6 Å². The molecule has 6 nitrogen and oxygen atoms in total. The number of aromatic hydroxyl groups is 1. The monoisotopic (exact) mass is 431 g/mol. The van der Waals surface area contributed by atoms with Gasteiger partial charge in [0.25, 0.3) is 0 Å². The van der Waals surface area contributed by atoms with Crippen LogP contribution < -0.4 is 9.99 Å². The summed E-state index contributed by atoms with van der Waals surface area (Å²) >= 11 is 1.05. The predicted octanol–water partition coefficient (Wildman–Crippen LogP) is 4.28. The van der Waals surface area contributed by atoms with Crippen molar-refractivity contribution in [2.24, 2.45) is 0 Å². The third-order valence-corrected chi connectivity index (χ3v) is 6.46. The lowest BCUT2D eigenvalue weighted by molar-refractivity contribution is -0.777. The number of phenols is 1. The summed E-state index contributed by atoms with van der Waals surface area (Å²) in [6.07, 6.45) is 3.93. The van der Waals surface area contributed by atoms with Gasteiger partial charge in [0.15, 0.2) is 12.3 Å². The molecule has 0 radical (unpaired) electrons. The second-order valence-electron chi connectivity index (χ2n) is 7.70. The molecule has 0 saturated carbocycles. The summed E-state index contributed by atoms with van der Waals surface area (Å²) in [4.78, 5) is 0. The number of nitrogens with zero attached hydrogens (tertiary/aromatic N) is 1. The molecule has 0 aromatic heterocycles. The fourth-order valence-corrected chi connectivity index (χ4v) is 4.53. The van der Waals surface area contributed by atoms with Gasteiger partial charge in [0, 0.05) is 42.8 Å². The molecule has 30 heavy (non-hydrogen) atoms. The van der Waals surface area contributed by atoms with E-state index in [-0.39, 0.29) is 11.2 Å². The minimum absolute atomic E-state index is 0.00499. The Labute approximate surface area is 182 Å². The molecule has 0 aliphatic carbocycles. The van der Waals surface area contributed by atoms with Crippen LogP contribution in [-0.2, 0) is 14.8 Å². The second kappa shape index (κ2) is 10.8. The topological polar surface area (TPSA) is 74.0 Å². The summed E-state index contributed by atoms with van der Waals surface area (Å²) in [7, 11) is 0. The van der Waals surface area contributed by atoms with Crippen LogP contribution >= 0.6 is 12.0 Å². The summed E-state index contributed by atoms with van der Waals surface area (Å²) in [5.41, 5.74) is 4.00. The number of unbranched alkanes of at least 4 members (excludes halogenated alkanes) is 1. The molecular weight excluding hydrogens is 402 g/mol. The van der Waals surface area contributed by atoms with E-state index < -0.39 is 0 Å². The van der Waals surface area contributed by atoms with Crippen LogP contribution in [-0.4, -0.2) is 34.3 Å². The van der Waals surface area contributed by atoms with E-state index in [0.29, 0.717) is 6.61 Å². The van der Waals surface area contributed by atoms with Gasteiger partial charge in [-0.05, 0) is 44.0 Å². The number of fused-ring (bicyclic) bond motifs is 1. The number of para-hydroxylation sites is 1. The van der Waals surface area contributed by atoms with Crippen molar-refractivity contribution in [2.45, 2.75) is 44.9 Å². The third-order valence-electron chi connectivity index (χ3n) is 5.85. The highest BCUT2D eigenvalue weighted by Crippen LogP contribution is 2.42. The molecule has 7 heteroatoms. The molecule has 2 aromatic rings. The quantitative estimate of drug-likeness (QED) is 0.178. The van der Waals surface area contributed by atoms with Crippen molar-refractivity contribution in [3.05, 3.63) is 54.1 Å². The van der Waals surface area contributed by atoms with E-state index in [1.54, 1.807) is 24.3 Å². The van der Waals surface area contributed by atoms with E-state index in [4.69, 9.17) is 4.74 Å². The number of rotatable bonds is 12. The van der Waals surface area contributed by atoms with Gasteiger partial charge < -0.3 is 15.1 Å². The molecular formula is C23H29NO5S. The lowest BCUT2D eigenvalue weighted by Crippen LogP contribution is -2.30. The molecule has 2 aromatic carbocycles. The summed E-state index contributed by atoms with van der Waals surface area (Å²) in [6.45, 7) is 6.05. The Bertz CT molecular complexity index is 855. The van der Waals surface area contributed by atoms with E-state index >= 15 is 0 Å². The summed E-state index contributed by atoms with van der Waals surface area (Å²) in [5, 5.41) is 22.6. The lowest BCUT2D eigenvalue weighted by Gasteiger charge is -2.22. The lowest BCUT2D eigenvalue weighted by atomic mass is 9.76. The first kappa shape index (κ1) is 22.6. The van der Waals surface area contributed by atoms with Gasteiger partial charge in [0.1, 0.15) is 11.5 Å². The zero-order valence-corrected chi connectivity index (χ0v) is 18.3. The summed E-state index contributed by atoms with van der Waals surface area (Å²) < 4.78 is 12.6. The Morgan fingerprint density at radius 2 is 1.83 bits per heavy atom. The first-order valence-electron chi connectivity index (χ1n) is 10.3. The number of hydrogen-bond acceptors (Lipinski definition) is 6. The van der Waals surface area contributed by atoms with Gasteiger partial charge in [-0.25, -0.2) is 0 Å². The molecule has 1 aliphatic rings. The average Bonchev–Trinajstić information content (AvgIpc) is 2.97. The van der Waals surface area contributed by atoms with Crippen molar-refractivity contribution < 1.29 is 29.0 Å². The molecule has 0 amide bonds. The normalized spacial score (nSPS) is 18.0. The fraction of sp³-hybridized carbons (Fsp3) is 0.435. The molecule has 1 aliphatic heterocycles. The van der Waals surface area contributed by atoms with Crippen LogP contribution in [0.1, 0.15) is 45.1 Å². The van der Waals surface area contributed by atoms with Crippen LogP contribution in [0.4, 0.5) is 5.69 Å². The highest BCUT2D eigenvalue weighted by atomic mass is 32.2. The molecule has 1 N–H and O–H groups in total. The molecule has 0 bridgehead atoms. The van der Waals surface area contributed by atoms with Crippen molar-refractivity contribution in [3.8, 4) is 11.5 Å². The number of hydrogen-bond donors (Lipinski definition) is 1. The highest BCUT2D eigenvalue weighted by molar-refractivity contribution is 7.94. The van der Waals surface area contributed by atoms with Gasteiger partial charge >= 0.3 is 0 Å². The Morgan fingerprint density at radius 3 is 2.60 bits per heavy atom. The Kier molecular flexibility index (Phi) is 8.16. The van der Waals surface area contributed by atoms with Crippen LogP contribution in [0.2, 0.25) is 0 Å². The molecule has 1 atom stereocenters. The van der Waals surface area contributed by atoms with Crippen LogP contribution in [0.5, 0.6) is 11.5 Å². The average molecular weight is 432 g/mol. The fourth-order valence-electron chi connectivity index (χ4n) is 4.10. The molecule has 0 spiro atoms. The maximum Gasteiger partial charge on any atom is 0.209 e. The van der Waals surface area contributed by atoms with E-state index in [9.17, 15) is 10.4 Å². The Morgan fingerprint density at radius 1 is 1.07 bits per heavy atom. The molecule has 1 heterocycles. The maximum absolute atomic E-state index is 9.87. The first-order chi connectivity index (χ1) is 14.6. The van der Waals surface area contributed by atoms with Crippen molar-refractivity contribution >= 4 is 23.4 Å².